The van der Waals surface area contributed by atoms with Gasteiger partial charge >= 0.3 is 0 Å². The third kappa shape index (κ3) is 3.16. The van der Waals surface area contributed by atoms with Crippen molar-refractivity contribution < 1.29 is 4.74 Å². The smallest absolute Gasteiger partial charge is 0.0662 e. The molecule has 2 aliphatic rings. The molecule has 0 amide bonds. The number of nitrogens with zero attached hydrogens (tertiary/aromatic N) is 1. The van der Waals surface area contributed by atoms with Crippen molar-refractivity contribution in [3.63, 3.8) is 0 Å². The monoisotopic (exact) mass is 258 g/mol. The molecule has 0 aromatic carbocycles. The molecular weight excluding hydrogens is 232 g/mol. The van der Waals surface area contributed by atoms with Crippen LogP contribution in [-0.4, -0.2) is 53.8 Å². The maximum absolute atomic E-state index is 6.06. The predicted octanol–water partition coefficient (Wildman–Crippen LogP) is 1.71. The van der Waals surface area contributed by atoms with Crippen LogP contribution in [0, 0.1) is 0 Å². The van der Waals surface area contributed by atoms with Gasteiger partial charge in [-0.3, -0.25) is 4.90 Å². The van der Waals surface area contributed by atoms with Gasteiger partial charge in [0, 0.05) is 36.7 Å². The van der Waals surface area contributed by atoms with Gasteiger partial charge in [-0.2, -0.15) is 11.8 Å². The van der Waals surface area contributed by atoms with Crippen molar-refractivity contribution in [2.24, 2.45) is 5.73 Å². The summed E-state index contributed by atoms with van der Waals surface area (Å²) in [7, 11) is 0. The van der Waals surface area contributed by atoms with E-state index >= 15 is 0 Å². The first-order valence-electron chi connectivity index (χ1n) is 6.75. The van der Waals surface area contributed by atoms with E-state index in [9.17, 15) is 0 Å². The van der Waals surface area contributed by atoms with Gasteiger partial charge in [-0.25, -0.2) is 0 Å². The maximum Gasteiger partial charge on any atom is 0.0662 e. The zero-order valence-corrected chi connectivity index (χ0v) is 12.0. The molecule has 2 fully saturated rings. The lowest BCUT2D eigenvalue weighted by Crippen LogP contribution is -2.59. The SMILES string of the molecule is CC1(C)CCN(C2(CN)CCCOC2)CCS1. The summed E-state index contributed by atoms with van der Waals surface area (Å²) in [6.45, 7) is 9.51. The van der Waals surface area contributed by atoms with E-state index in [2.05, 4.69) is 30.5 Å². The molecule has 0 aromatic rings. The molecule has 2 rings (SSSR count). The molecule has 17 heavy (non-hydrogen) atoms. The number of nitrogens with two attached hydrogens (primary N) is 1. The van der Waals surface area contributed by atoms with Gasteiger partial charge in [-0.05, 0) is 19.3 Å². The van der Waals surface area contributed by atoms with Crippen LogP contribution in [-0.2, 0) is 4.74 Å². The Labute approximate surface area is 109 Å². The Balaban J connectivity index is 2.04. The van der Waals surface area contributed by atoms with Crippen molar-refractivity contribution in [3.05, 3.63) is 0 Å². The van der Waals surface area contributed by atoms with Crippen LogP contribution < -0.4 is 5.73 Å². The highest BCUT2D eigenvalue weighted by Gasteiger charge is 2.39. The van der Waals surface area contributed by atoms with Gasteiger partial charge < -0.3 is 10.5 Å². The summed E-state index contributed by atoms with van der Waals surface area (Å²) >= 11 is 2.09. The summed E-state index contributed by atoms with van der Waals surface area (Å²) in [6, 6.07) is 0. The highest BCUT2D eigenvalue weighted by Crippen LogP contribution is 2.34. The predicted molar refractivity (Wildman–Crippen MR) is 74.6 cm³/mol. The minimum Gasteiger partial charge on any atom is -0.379 e. The largest absolute Gasteiger partial charge is 0.379 e. The average Bonchev–Trinajstić information content (AvgIpc) is 2.51. The Kier molecular flexibility index (Phi) is 4.40. The van der Waals surface area contributed by atoms with E-state index in [1.165, 1.54) is 25.1 Å². The molecular formula is C13H26N2OS. The second kappa shape index (κ2) is 5.47. The molecule has 100 valence electrons. The lowest BCUT2D eigenvalue weighted by Gasteiger charge is -2.45. The first kappa shape index (κ1) is 13.7. The Morgan fingerprint density at radius 1 is 1.29 bits per heavy atom. The standard InChI is InChI=1S/C13H26N2OS/c1-12(2)5-6-15(7-9-17-12)13(10-14)4-3-8-16-11-13/h3-11,14H2,1-2H3. The third-order valence-electron chi connectivity index (χ3n) is 4.19. The zero-order chi connectivity index (χ0) is 12.4. The second-order valence-corrected chi connectivity index (χ2v) is 7.73. The molecule has 2 heterocycles. The van der Waals surface area contributed by atoms with Crippen LogP contribution in [0.25, 0.3) is 0 Å². The molecule has 2 aliphatic heterocycles. The lowest BCUT2D eigenvalue weighted by molar-refractivity contribution is -0.0428. The van der Waals surface area contributed by atoms with Gasteiger partial charge in [-0.1, -0.05) is 13.8 Å². The topological polar surface area (TPSA) is 38.5 Å². The van der Waals surface area contributed by atoms with E-state index in [1.54, 1.807) is 0 Å². The van der Waals surface area contributed by atoms with Gasteiger partial charge in [0.05, 0.1) is 12.1 Å². The van der Waals surface area contributed by atoms with Crippen LogP contribution in [0.15, 0.2) is 0 Å². The summed E-state index contributed by atoms with van der Waals surface area (Å²) in [5, 5.41) is 0. The first-order valence-corrected chi connectivity index (χ1v) is 7.73. The molecule has 3 nitrogen and oxygen atoms in total. The van der Waals surface area contributed by atoms with Crippen molar-refractivity contribution in [2.45, 2.75) is 43.4 Å². The Morgan fingerprint density at radius 2 is 2.12 bits per heavy atom. The van der Waals surface area contributed by atoms with Crippen LogP contribution in [0.3, 0.4) is 0 Å². The Bertz CT molecular complexity index is 252. The normalized spacial score (nSPS) is 35.5. The second-order valence-electron chi connectivity index (χ2n) is 5.93. The molecule has 0 bridgehead atoms. The number of hydrogen-bond donors (Lipinski definition) is 1. The van der Waals surface area contributed by atoms with Gasteiger partial charge in [0.1, 0.15) is 0 Å². The minimum absolute atomic E-state index is 0.124. The Morgan fingerprint density at radius 3 is 2.76 bits per heavy atom. The van der Waals surface area contributed by atoms with Gasteiger partial charge in [0.25, 0.3) is 0 Å². The van der Waals surface area contributed by atoms with Crippen molar-refractivity contribution in [1.82, 2.24) is 4.90 Å². The fourth-order valence-corrected chi connectivity index (χ4v) is 3.97. The van der Waals surface area contributed by atoms with Crippen molar-refractivity contribution in [3.8, 4) is 0 Å². The lowest BCUT2D eigenvalue weighted by atomic mass is 9.89. The zero-order valence-electron chi connectivity index (χ0n) is 11.2. The van der Waals surface area contributed by atoms with Gasteiger partial charge in [0.15, 0.2) is 0 Å². The van der Waals surface area contributed by atoms with Crippen LogP contribution >= 0.6 is 11.8 Å². The van der Waals surface area contributed by atoms with Crippen LogP contribution in [0.1, 0.15) is 33.1 Å². The minimum atomic E-state index is 0.124. The molecule has 4 heteroatoms. The number of thioether (sulfide) groups is 1. The summed E-state index contributed by atoms with van der Waals surface area (Å²) in [5.41, 5.74) is 6.18. The molecule has 0 radical (unpaired) electrons. The quantitative estimate of drug-likeness (QED) is 0.818. The summed E-state index contributed by atoms with van der Waals surface area (Å²) in [4.78, 5) is 2.61. The molecule has 0 saturated carbocycles. The van der Waals surface area contributed by atoms with E-state index < -0.39 is 0 Å². The number of hydrogen-bond acceptors (Lipinski definition) is 4. The fourth-order valence-electron chi connectivity index (χ4n) is 2.87. The van der Waals surface area contributed by atoms with Crippen LogP contribution in [0.5, 0.6) is 0 Å². The molecule has 0 aliphatic carbocycles. The molecule has 0 aromatic heterocycles. The van der Waals surface area contributed by atoms with E-state index in [0.29, 0.717) is 4.75 Å². The van der Waals surface area contributed by atoms with Crippen molar-refractivity contribution >= 4 is 11.8 Å². The first-order chi connectivity index (χ1) is 8.08. The average molecular weight is 258 g/mol. The third-order valence-corrected chi connectivity index (χ3v) is 5.56. The summed E-state index contributed by atoms with van der Waals surface area (Å²) in [5.74, 6) is 1.22. The highest BCUT2D eigenvalue weighted by atomic mass is 32.2. The van der Waals surface area contributed by atoms with Crippen molar-refractivity contribution in [2.75, 3.05) is 38.6 Å². The van der Waals surface area contributed by atoms with E-state index in [-0.39, 0.29) is 5.54 Å². The maximum atomic E-state index is 6.06. The highest BCUT2D eigenvalue weighted by molar-refractivity contribution is 8.00. The van der Waals surface area contributed by atoms with E-state index in [4.69, 9.17) is 10.5 Å². The molecule has 1 unspecified atom stereocenters. The van der Waals surface area contributed by atoms with E-state index in [1.807, 2.05) is 0 Å². The van der Waals surface area contributed by atoms with Crippen molar-refractivity contribution in [1.29, 1.82) is 0 Å². The molecule has 1 atom stereocenters. The fraction of sp³-hybridized carbons (Fsp3) is 1.00. The van der Waals surface area contributed by atoms with Gasteiger partial charge in [-0.15, -0.1) is 0 Å². The van der Waals surface area contributed by atoms with Crippen LogP contribution in [0.4, 0.5) is 0 Å². The molecule has 0 spiro atoms. The van der Waals surface area contributed by atoms with E-state index in [0.717, 1.165) is 32.7 Å². The summed E-state index contributed by atoms with van der Waals surface area (Å²) < 4.78 is 6.11. The molecule has 2 saturated heterocycles. The number of ether oxygens (including phenoxy) is 1. The Hall–Kier alpha value is 0.230. The molecule has 2 N–H and O–H groups in total. The van der Waals surface area contributed by atoms with Crippen LogP contribution in [0.2, 0.25) is 0 Å². The van der Waals surface area contributed by atoms with Gasteiger partial charge in [0.2, 0.25) is 0 Å². The number of rotatable bonds is 2. The summed E-state index contributed by atoms with van der Waals surface area (Å²) in [6.07, 6.45) is 3.61.